The third-order valence-corrected chi connectivity index (χ3v) is 5.13. The third kappa shape index (κ3) is 7.95. The highest BCUT2D eigenvalue weighted by Crippen LogP contribution is 2.26. The van der Waals surface area contributed by atoms with E-state index in [2.05, 4.69) is 11.4 Å². The summed E-state index contributed by atoms with van der Waals surface area (Å²) in [7, 11) is 1.70. The fourth-order valence-corrected chi connectivity index (χ4v) is 3.72. The van der Waals surface area contributed by atoms with E-state index in [1.807, 2.05) is 50.8 Å². The topological polar surface area (TPSA) is 67.9 Å². The molecular formula is C23H36N2O4. The Kier molecular flexibility index (Phi) is 8.35. The van der Waals surface area contributed by atoms with Gasteiger partial charge in [-0.05, 0) is 70.9 Å². The molecule has 1 aromatic rings. The van der Waals surface area contributed by atoms with Gasteiger partial charge in [0.25, 0.3) is 0 Å². The second-order valence-electron chi connectivity index (χ2n) is 8.95. The first kappa shape index (κ1) is 23.0. The summed E-state index contributed by atoms with van der Waals surface area (Å²) in [5.41, 5.74) is 0.675. The van der Waals surface area contributed by atoms with Crippen LogP contribution in [0.4, 0.5) is 4.79 Å². The molecule has 2 amide bonds. The highest BCUT2D eigenvalue weighted by Gasteiger charge is 2.25. The Morgan fingerprint density at radius 3 is 2.69 bits per heavy atom. The van der Waals surface area contributed by atoms with Gasteiger partial charge in [0.1, 0.15) is 11.4 Å². The Bertz CT molecular complexity index is 684. The largest absolute Gasteiger partial charge is 0.496 e. The zero-order valence-electron chi connectivity index (χ0n) is 18.5. The smallest absolute Gasteiger partial charge is 0.407 e. The minimum atomic E-state index is -0.524. The number of para-hydroxylation sites is 1. The van der Waals surface area contributed by atoms with E-state index in [0.717, 1.165) is 38.1 Å². The van der Waals surface area contributed by atoms with E-state index < -0.39 is 11.7 Å². The van der Waals surface area contributed by atoms with E-state index in [-0.39, 0.29) is 11.9 Å². The van der Waals surface area contributed by atoms with Crippen molar-refractivity contribution < 1.29 is 19.1 Å². The number of methoxy groups -OCH3 is 1. The molecule has 1 heterocycles. The summed E-state index contributed by atoms with van der Waals surface area (Å²) in [4.78, 5) is 26.5. The maximum absolute atomic E-state index is 12.7. The average Bonchev–Trinajstić information content (AvgIpc) is 2.65. The van der Waals surface area contributed by atoms with E-state index in [9.17, 15) is 9.59 Å². The number of amides is 2. The number of ether oxygens (including phenoxy) is 2. The number of alkyl carbamates (subject to hydrolysis) is 1. The molecule has 162 valence electrons. The number of carbonyl (C=O) groups is 2. The number of hydrogen-bond acceptors (Lipinski definition) is 4. The van der Waals surface area contributed by atoms with E-state index in [1.54, 1.807) is 7.11 Å². The standard InChI is InChI=1S/C23H36N2O4/c1-17(24-22(27)29-23(2,3)4)12-13-21(26)25-14-8-9-18(16-25)15-19-10-6-7-11-20(19)28-5/h6-7,10-11,17-18H,8-9,12-16H2,1-5H3,(H,24,27). The summed E-state index contributed by atoms with van der Waals surface area (Å²) >= 11 is 0. The molecule has 0 spiro atoms. The van der Waals surface area contributed by atoms with Gasteiger partial charge in [0.15, 0.2) is 0 Å². The Morgan fingerprint density at radius 2 is 2.00 bits per heavy atom. The number of hydrogen-bond donors (Lipinski definition) is 1. The van der Waals surface area contributed by atoms with Gasteiger partial charge in [0.2, 0.25) is 5.91 Å². The number of rotatable bonds is 7. The van der Waals surface area contributed by atoms with Gasteiger partial charge in [-0.1, -0.05) is 18.2 Å². The lowest BCUT2D eigenvalue weighted by Crippen LogP contribution is -2.42. The molecule has 1 N–H and O–H groups in total. The van der Waals surface area contributed by atoms with Gasteiger partial charge in [-0.15, -0.1) is 0 Å². The van der Waals surface area contributed by atoms with Crippen LogP contribution in [-0.2, 0) is 16.0 Å². The van der Waals surface area contributed by atoms with Crippen LogP contribution in [0, 0.1) is 5.92 Å². The molecule has 1 fully saturated rings. The monoisotopic (exact) mass is 404 g/mol. The molecule has 6 nitrogen and oxygen atoms in total. The lowest BCUT2D eigenvalue weighted by atomic mass is 9.90. The maximum atomic E-state index is 12.7. The summed E-state index contributed by atoms with van der Waals surface area (Å²) < 4.78 is 10.7. The average molecular weight is 405 g/mol. The van der Waals surface area contributed by atoms with E-state index in [4.69, 9.17) is 9.47 Å². The molecule has 29 heavy (non-hydrogen) atoms. The van der Waals surface area contributed by atoms with Crippen molar-refractivity contribution in [3.8, 4) is 5.75 Å². The van der Waals surface area contributed by atoms with Crippen molar-refractivity contribution in [2.45, 2.75) is 71.4 Å². The van der Waals surface area contributed by atoms with Gasteiger partial charge in [-0.3, -0.25) is 4.79 Å². The van der Waals surface area contributed by atoms with Gasteiger partial charge in [-0.2, -0.15) is 0 Å². The van der Waals surface area contributed by atoms with Gasteiger partial charge in [0.05, 0.1) is 7.11 Å². The number of carbonyl (C=O) groups excluding carboxylic acids is 2. The molecule has 1 aromatic carbocycles. The molecule has 0 saturated carbocycles. The summed E-state index contributed by atoms with van der Waals surface area (Å²) in [5, 5.41) is 2.80. The van der Waals surface area contributed by atoms with Crippen molar-refractivity contribution >= 4 is 12.0 Å². The highest BCUT2D eigenvalue weighted by atomic mass is 16.6. The summed E-state index contributed by atoms with van der Waals surface area (Å²) in [6.45, 7) is 8.99. The number of likely N-dealkylation sites (tertiary alicyclic amines) is 1. The third-order valence-electron chi connectivity index (χ3n) is 5.13. The molecule has 0 aromatic heterocycles. The summed E-state index contributed by atoms with van der Waals surface area (Å²) in [6, 6.07) is 7.99. The Morgan fingerprint density at radius 1 is 1.28 bits per heavy atom. The van der Waals surface area contributed by atoms with Crippen LogP contribution in [0.25, 0.3) is 0 Å². The van der Waals surface area contributed by atoms with Gasteiger partial charge in [-0.25, -0.2) is 4.79 Å². The van der Waals surface area contributed by atoms with Gasteiger partial charge < -0.3 is 19.7 Å². The van der Waals surface area contributed by atoms with Crippen LogP contribution in [-0.4, -0.2) is 48.7 Å². The van der Waals surface area contributed by atoms with Gasteiger partial charge in [0, 0.05) is 25.6 Å². The minimum Gasteiger partial charge on any atom is -0.496 e. The second-order valence-corrected chi connectivity index (χ2v) is 8.95. The van der Waals surface area contributed by atoms with Crippen molar-refractivity contribution in [1.82, 2.24) is 10.2 Å². The predicted octanol–water partition coefficient (Wildman–Crippen LogP) is 4.17. The van der Waals surface area contributed by atoms with E-state index in [0.29, 0.717) is 18.8 Å². The van der Waals surface area contributed by atoms with Crippen molar-refractivity contribution in [3.05, 3.63) is 29.8 Å². The van der Waals surface area contributed by atoms with E-state index in [1.165, 1.54) is 5.56 Å². The highest BCUT2D eigenvalue weighted by molar-refractivity contribution is 5.76. The second kappa shape index (κ2) is 10.5. The predicted molar refractivity (Wildman–Crippen MR) is 114 cm³/mol. The molecular weight excluding hydrogens is 368 g/mol. The molecule has 2 unspecified atom stereocenters. The number of nitrogens with zero attached hydrogens (tertiary/aromatic N) is 1. The first-order valence-electron chi connectivity index (χ1n) is 10.6. The SMILES string of the molecule is COc1ccccc1CC1CCCN(C(=O)CCC(C)NC(=O)OC(C)(C)C)C1. The van der Waals surface area contributed by atoms with Crippen LogP contribution in [0.1, 0.15) is 58.9 Å². The van der Waals surface area contributed by atoms with Crippen LogP contribution < -0.4 is 10.1 Å². The Labute approximate surface area is 174 Å². The van der Waals surface area contributed by atoms with E-state index >= 15 is 0 Å². The summed E-state index contributed by atoms with van der Waals surface area (Å²) in [6.07, 6.45) is 3.66. The molecule has 2 atom stereocenters. The molecule has 2 rings (SSSR count). The number of nitrogens with one attached hydrogen (secondary N) is 1. The molecule has 1 aliphatic rings. The molecule has 1 aliphatic heterocycles. The zero-order chi connectivity index (χ0) is 21.4. The van der Waals surface area contributed by atoms with Crippen molar-refractivity contribution in [2.24, 2.45) is 5.92 Å². The molecule has 0 radical (unpaired) electrons. The lowest BCUT2D eigenvalue weighted by molar-refractivity contribution is -0.133. The quantitative estimate of drug-likeness (QED) is 0.741. The van der Waals surface area contributed by atoms with Crippen LogP contribution in [0.2, 0.25) is 0 Å². The van der Waals surface area contributed by atoms with Crippen LogP contribution in [0.3, 0.4) is 0 Å². The Balaban J connectivity index is 1.79. The first-order chi connectivity index (χ1) is 13.7. The van der Waals surface area contributed by atoms with Crippen molar-refractivity contribution in [3.63, 3.8) is 0 Å². The van der Waals surface area contributed by atoms with Crippen molar-refractivity contribution in [1.29, 1.82) is 0 Å². The van der Waals surface area contributed by atoms with Crippen LogP contribution in [0.5, 0.6) is 5.75 Å². The zero-order valence-corrected chi connectivity index (χ0v) is 18.5. The first-order valence-corrected chi connectivity index (χ1v) is 10.6. The maximum Gasteiger partial charge on any atom is 0.407 e. The molecule has 0 bridgehead atoms. The normalized spacial score (nSPS) is 18.1. The number of benzene rings is 1. The minimum absolute atomic E-state index is 0.108. The lowest BCUT2D eigenvalue weighted by Gasteiger charge is -2.33. The molecule has 1 saturated heterocycles. The van der Waals surface area contributed by atoms with Crippen molar-refractivity contribution in [2.75, 3.05) is 20.2 Å². The molecule has 0 aliphatic carbocycles. The fourth-order valence-electron chi connectivity index (χ4n) is 3.72. The van der Waals surface area contributed by atoms with Gasteiger partial charge >= 0.3 is 6.09 Å². The Hall–Kier alpha value is -2.24. The number of piperidine rings is 1. The fraction of sp³-hybridized carbons (Fsp3) is 0.652. The van der Waals surface area contributed by atoms with Crippen LogP contribution >= 0.6 is 0 Å². The summed E-state index contributed by atoms with van der Waals surface area (Å²) in [5.74, 6) is 1.52. The van der Waals surface area contributed by atoms with Crippen LogP contribution in [0.15, 0.2) is 24.3 Å². The molecule has 6 heteroatoms.